The van der Waals surface area contributed by atoms with Crippen LogP contribution in [0.5, 0.6) is 0 Å². The average Bonchev–Trinajstić information content (AvgIpc) is 2.97. The van der Waals surface area contributed by atoms with Crippen molar-refractivity contribution in [1.29, 1.82) is 0 Å². The van der Waals surface area contributed by atoms with E-state index in [1.165, 1.54) is 0 Å². The zero-order valence-corrected chi connectivity index (χ0v) is 11.4. The number of hydrogen-bond donors (Lipinski definition) is 1. The highest BCUT2D eigenvalue weighted by molar-refractivity contribution is 7.07. The van der Waals surface area contributed by atoms with Gasteiger partial charge >= 0.3 is 0 Å². The van der Waals surface area contributed by atoms with E-state index in [0.717, 1.165) is 18.7 Å². The minimum Gasteiger partial charge on any atom is -0.336 e. The highest BCUT2D eigenvalue weighted by atomic mass is 32.1. The van der Waals surface area contributed by atoms with Crippen LogP contribution in [0.2, 0.25) is 0 Å². The highest BCUT2D eigenvalue weighted by Crippen LogP contribution is 2.13. The van der Waals surface area contributed by atoms with Crippen molar-refractivity contribution in [2.75, 3.05) is 20.1 Å². The molecule has 100 valence electrons. The number of nitrogens with zero attached hydrogens (tertiary/aromatic N) is 4. The Morgan fingerprint density at radius 2 is 2.47 bits per heavy atom. The molecule has 0 bridgehead atoms. The van der Waals surface area contributed by atoms with Crippen LogP contribution in [0.15, 0.2) is 23.0 Å². The Morgan fingerprint density at radius 3 is 3.11 bits per heavy atom. The van der Waals surface area contributed by atoms with E-state index in [1.807, 2.05) is 16.8 Å². The number of nitrogens with one attached hydrogen (secondary N) is 1. The molecule has 2 aromatic rings. The summed E-state index contributed by atoms with van der Waals surface area (Å²) in [5, 5.41) is 15.2. The third-order valence-electron chi connectivity index (χ3n) is 3.21. The standard InChI is InChI=1S/C12H15N5OS/c1-16(6-9-2-3-19-8-9)12(18)11-7-17(15-14-11)10-4-13-5-10/h2-3,7-8,10,13H,4-6H2,1H3. The number of carbonyl (C=O) groups excluding carboxylic acids is 1. The smallest absolute Gasteiger partial charge is 0.276 e. The first kappa shape index (κ1) is 12.3. The molecule has 19 heavy (non-hydrogen) atoms. The molecule has 2 aromatic heterocycles. The number of hydrogen-bond acceptors (Lipinski definition) is 5. The average molecular weight is 277 g/mol. The van der Waals surface area contributed by atoms with E-state index >= 15 is 0 Å². The molecule has 1 N–H and O–H groups in total. The van der Waals surface area contributed by atoms with Crippen molar-refractivity contribution in [3.8, 4) is 0 Å². The van der Waals surface area contributed by atoms with E-state index in [1.54, 1.807) is 34.2 Å². The number of carbonyl (C=O) groups is 1. The van der Waals surface area contributed by atoms with Crippen molar-refractivity contribution in [1.82, 2.24) is 25.2 Å². The molecule has 6 nitrogen and oxygen atoms in total. The Kier molecular flexibility index (Phi) is 3.31. The van der Waals surface area contributed by atoms with Crippen molar-refractivity contribution in [3.63, 3.8) is 0 Å². The van der Waals surface area contributed by atoms with Gasteiger partial charge in [-0.1, -0.05) is 5.21 Å². The van der Waals surface area contributed by atoms with Gasteiger partial charge in [0.15, 0.2) is 5.69 Å². The predicted molar refractivity (Wildman–Crippen MR) is 72.0 cm³/mol. The third kappa shape index (κ3) is 2.52. The summed E-state index contributed by atoms with van der Waals surface area (Å²) in [6, 6.07) is 2.35. The van der Waals surface area contributed by atoms with Gasteiger partial charge in [-0.05, 0) is 22.4 Å². The molecule has 1 saturated heterocycles. The lowest BCUT2D eigenvalue weighted by molar-refractivity contribution is 0.0779. The highest BCUT2D eigenvalue weighted by Gasteiger charge is 2.22. The summed E-state index contributed by atoms with van der Waals surface area (Å²) in [4.78, 5) is 13.9. The topological polar surface area (TPSA) is 63.1 Å². The van der Waals surface area contributed by atoms with E-state index in [4.69, 9.17) is 0 Å². The molecule has 0 aliphatic carbocycles. The first-order valence-corrected chi connectivity index (χ1v) is 7.07. The second-order valence-electron chi connectivity index (χ2n) is 4.69. The predicted octanol–water partition coefficient (Wildman–Crippen LogP) is 0.756. The van der Waals surface area contributed by atoms with E-state index < -0.39 is 0 Å². The van der Waals surface area contributed by atoms with Crippen LogP contribution in [0.1, 0.15) is 22.1 Å². The number of amides is 1. The molecular formula is C12H15N5OS. The summed E-state index contributed by atoms with van der Waals surface area (Å²) < 4.78 is 1.77. The molecule has 1 amide bonds. The summed E-state index contributed by atoms with van der Waals surface area (Å²) in [7, 11) is 1.78. The van der Waals surface area contributed by atoms with Gasteiger partial charge in [-0.15, -0.1) is 5.10 Å². The van der Waals surface area contributed by atoms with Gasteiger partial charge in [0.05, 0.1) is 12.2 Å². The van der Waals surface area contributed by atoms with Crippen LogP contribution in [0.3, 0.4) is 0 Å². The van der Waals surface area contributed by atoms with Gasteiger partial charge in [0.25, 0.3) is 5.91 Å². The van der Waals surface area contributed by atoms with Gasteiger partial charge < -0.3 is 10.2 Å². The second kappa shape index (κ2) is 5.10. The minimum absolute atomic E-state index is 0.0928. The Bertz CT molecular complexity index is 560. The SMILES string of the molecule is CN(Cc1ccsc1)C(=O)c1cn(C2CNC2)nn1. The molecule has 3 rings (SSSR count). The molecule has 1 aliphatic heterocycles. The quantitative estimate of drug-likeness (QED) is 0.896. The van der Waals surface area contributed by atoms with Crippen LogP contribution in [-0.2, 0) is 6.54 Å². The fourth-order valence-corrected chi connectivity index (χ4v) is 2.60. The first-order valence-electron chi connectivity index (χ1n) is 6.13. The van der Waals surface area contributed by atoms with E-state index in [9.17, 15) is 4.79 Å². The maximum absolute atomic E-state index is 12.2. The number of rotatable bonds is 4. The fourth-order valence-electron chi connectivity index (χ4n) is 1.94. The normalized spacial score (nSPS) is 15.2. The maximum atomic E-state index is 12.2. The summed E-state index contributed by atoms with van der Waals surface area (Å²) in [5.74, 6) is -0.0928. The van der Waals surface area contributed by atoms with E-state index in [2.05, 4.69) is 15.6 Å². The van der Waals surface area contributed by atoms with Crippen molar-refractivity contribution < 1.29 is 4.79 Å². The van der Waals surface area contributed by atoms with Crippen LogP contribution >= 0.6 is 11.3 Å². The zero-order valence-electron chi connectivity index (χ0n) is 10.6. The molecule has 0 saturated carbocycles. The van der Waals surface area contributed by atoms with E-state index in [-0.39, 0.29) is 5.91 Å². The molecule has 7 heteroatoms. The van der Waals surface area contributed by atoms with Gasteiger partial charge in [0.1, 0.15) is 0 Å². The molecule has 0 spiro atoms. The van der Waals surface area contributed by atoms with Crippen LogP contribution in [0.25, 0.3) is 0 Å². The van der Waals surface area contributed by atoms with E-state index in [0.29, 0.717) is 18.3 Å². The van der Waals surface area contributed by atoms with Gasteiger partial charge in [-0.3, -0.25) is 4.79 Å². The fraction of sp³-hybridized carbons (Fsp3) is 0.417. The lowest BCUT2D eigenvalue weighted by Gasteiger charge is -2.26. The second-order valence-corrected chi connectivity index (χ2v) is 5.47. The Labute approximate surface area is 115 Å². The summed E-state index contributed by atoms with van der Waals surface area (Å²) in [6.45, 7) is 2.38. The third-order valence-corrected chi connectivity index (χ3v) is 3.94. The Hall–Kier alpha value is -1.73. The number of aromatic nitrogens is 3. The molecule has 0 atom stereocenters. The van der Waals surface area contributed by atoms with Gasteiger partial charge in [-0.2, -0.15) is 11.3 Å². The molecule has 1 fully saturated rings. The zero-order chi connectivity index (χ0) is 13.2. The molecule has 0 aromatic carbocycles. The first-order chi connectivity index (χ1) is 9.24. The van der Waals surface area contributed by atoms with Crippen molar-refractivity contribution in [2.24, 2.45) is 0 Å². The Balaban J connectivity index is 1.67. The lowest BCUT2D eigenvalue weighted by Crippen LogP contribution is -2.43. The van der Waals surface area contributed by atoms with Crippen LogP contribution in [-0.4, -0.2) is 45.9 Å². The molecule has 0 radical (unpaired) electrons. The number of thiophene rings is 1. The summed E-state index contributed by atoms with van der Waals surface area (Å²) in [5.41, 5.74) is 1.54. The Morgan fingerprint density at radius 1 is 1.63 bits per heavy atom. The van der Waals surface area contributed by atoms with Gasteiger partial charge in [-0.25, -0.2) is 4.68 Å². The lowest BCUT2D eigenvalue weighted by atomic mass is 10.2. The van der Waals surface area contributed by atoms with Crippen molar-refractivity contribution >= 4 is 17.2 Å². The molecule has 1 aliphatic rings. The van der Waals surface area contributed by atoms with Crippen LogP contribution in [0.4, 0.5) is 0 Å². The monoisotopic (exact) mass is 277 g/mol. The van der Waals surface area contributed by atoms with Crippen molar-refractivity contribution in [3.05, 3.63) is 34.3 Å². The van der Waals surface area contributed by atoms with Crippen molar-refractivity contribution in [2.45, 2.75) is 12.6 Å². The molecule has 0 unspecified atom stereocenters. The van der Waals surface area contributed by atoms with Gasteiger partial charge in [0.2, 0.25) is 0 Å². The van der Waals surface area contributed by atoms with Crippen LogP contribution < -0.4 is 5.32 Å². The molecule has 3 heterocycles. The largest absolute Gasteiger partial charge is 0.336 e. The minimum atomic E-state index is -0.0928. The summed E-state index contributed by atoms with van der Waals surface area (Å²) >= 11 is 1.63. The maximum Gasteiger partial charge on any atom is 0.276 e. The van der Waals surface area contributed by atoms with Crippen LogP contribution in [0, 0.1) is 0 Å². The molecular weight excluding hydrogens is 262 g/mol. The van der Waals surface area contributed by atoms with Gasteiger partial charge in [0, 0.05) is 26.7 Å². The summed E-state index contributed by atoms with van der Waals surface area (Å²) in [6.07, 6.45) is 1.73.